The van der Waals surface area contributed by atoms with Gasteiger partial charge in [-0.2, -0.15) is 5.26 Å². The van der Waals surface area contributed by atoms with Crippen LogP contribution in [-0.4, -0.2) is 47.0 Å². The fourth-order valence-electron chi connectivity index (χ4n) is 4.78. The van der Waals surface area contributed by atoms with E-state index in [1.807, 2.05) is 18.9 Å². The first-order valence-corrected chi connectivity index (χ1v) is 10.3. The van der Waals surface area contributed by atoms with Gasteiger partial charge in [0.05, 0.1) is 35.7 Å². The summed E-state index contributed by atoms with van der Waals surface area (Å²) in [6.07, 6.45) is 0.875. The highest BCUT2D eigenvalue weighted by Gasteiger charge is 2.47. The zero-order valence-corrected chi connectivity index (χ0v) is 17.6. The number of hydrazine groups is 1. The predicted octanol–water partition coefficient (Wildman–Crippen LogP) is 2.58. The van der Waals surface area contributed by atoms with E-state index in [9.17, 15) is 20.2 Å². The Kier molecular flexibility index (Phi) is 5.29. The third-order valence-corrected chi connectivity index (χ3v) is 6.07. The SMILES string of the molecule is CC1(C)CC(=O)C2=C(C1)N(N1CCOCC1)C(N)=C(C#N)C2c1ccccc1[N+](=O)[O-]. The van der Waals surface area contributed by atoms with Crippen molar-refractivity contribution in [2.24, 2.45) is 11.1 Å². The number of ether oxygens (including phenoxy) is 1. The molecule has 2 N–H and O–H groups in total. The highest BCUT2D eigenvalue weighted by Crippen LogP contribution is 2.50. The molecular weight excluding hydrogens is 398 g/mol. The quantitative estimate of drug-likeness (QED) is 0.581. The van der Waals surface area contributed by atoms with Crippen molar-refractivity contribution in [1.29, 1.82) is 5.26 Å². The Bertz CT molecular complexity index is 1050. The zero-order chi connectivity index (χ0) is 22.3. The molecule has 0 amide bonds. The molecule has 1 aliphatic carbocycles. The first-order chi connectivity index (χ1) is 14.7. The number of para-hydroxylation sites is 1. The van der Waals surface area contributed by atoms with Crippen molar-refractivity contribution in [2.45, 2.75) is 32.6 Å². The van der Waals surface area contributed by atoms with Crippen LogP contribution in [-0.2, 0) is 9.53 Å². The van der Waals surface area contributed by atoms with E-state index in [2.05, 4.69) is 6.07 Å². The molecule has 1 fully saturated rings. The van der Waals surface area contributed by atoms with Crippen molar-refractivity contribution in [3.05, 3.63) is 62.6 Å². The van der Waals surface area contributed by atoms with Crippen LogP contribution >= 0.6 is 0 Å². The van der Waals surface area contributed by atoms with Crippen LogP contribution in [0.4, 0.5) is 5.69 Å². The number of carbonyl (C=O) groups excluding carboxylic acids is 1. The molecule has 2 aliphatic heterocycles. The molecule has 2 heterocycles. The number of benzene rings is 1. The Balaban J connectivity index is 1.97. The van der Waals surface area contributed by atoms with E-state index in [1.165, 1.54) is 6.07 Å². The molecule has 0 bridgehead atoms. The smallest absolute Gasteiger partial charge is 0.273 e. The maximum Gasteiger partial charge on any atom is 0.273 e. The van der Waals surface area contributed by atoms with Crippen molar-refractivity contribution in [3.63, 3.8) is 0 Å². The molecule has 3 aliphatic rings. The molecule has 1 atom stereocenters. The van der Waals surface area contributed by atoms with Crippen LogP contribution in [0.2, 0.25) is 0 Å². The number of allylic oxidation sites excluding steroid dienone is 3. The van der Waals surface area contributed by atoms with Gasteiger partial charge in [0, 0.05) is 42.4 Å². The van der Waals surface area contributed by atoms with Gasteiger partial charge in [0.2, 0.25) is 0 Å². The average molecular weight is 423 g/mol. The summed E-state index contributed by atoms with van der Waals surface area (Å²) in [5.74, 6) is -0.743. The van der Waals surface area contributed by atoms with Crippen molar-refractivity contribution in [2.75, 3.05) is 26.3 Å². The second-order valence-corrected chi connectivity index (χ2v) is 8.84. The van der Waals surface area contributed by atoms with E-state index in [4.69, 9.17) is 10.5 Å². The topological polar surface area (TPSA) is 126 Å². The Morgan fingerprint density at radius 2 is 1.94 bits per heavy atom. The number of hydrogen-bond donors (Lipinski definition) is 1. The van der Waals surface area contributed by atoms with E-state index in [0.29, 0.717) is 50.3 Å². The molecule has 9 heteroatoms. The summed E-state index contributed by atoms with van der Waals surface area (Å²) < 4.78 is 5.46. The summed E-state index contributed by atoms with van der Waals surface area (Å²) in [6.45, 7) is 6.21. The van der Waals surface area contributed by atoms with Gasteiger partial charge in [0.25, 0.3) is 5.69 Å². The standard InChI is InChI=1S/C22H25N5O4/c1-22(2)11-17-20(18(28)12-22)19(14-5-3-4-6-16(14)27(29)30)15(13-23)21(24)26(17)25-7-9-31-10-8-25/h3-6,19H,7-12,24H2,1-2H3. The van der Waals surface area contributed by atoms with Crippen LogP contribution in [0.3, 0.4) is 0 Å². The minimum absolute atomic E-state index is 0.104. The molecule has 31 heavy (non-hydrogen) atoms. The summed E-state index contributed by atoms with van der Waals surface area (Å²) >= 11 is 0. The molecule has 1 unspecified atom stereocenters. The third-order valence-electron chi connectivity index (χ3n) is 6.07. The highest BCUT2D eigenvalue weighted by atomic mass is 16.6. The fraction of sp³-hybridized carbons (Fsp3) is 0.455. The van der Waals surface area contributed by atoms with Crippen molar-refractivity contribution in [3.8, 4) is 6.07 Å². The number of nitriles is 1. The van der Waals surface area contributed by atoms with Crippen molar-refractivity contribution in [1.82, 2.24) is 10.0 Å². The number of nitro benzene ring substituents is 1. The summed E-state index contributed by atoms with van der Waals surface area (Å²) in [6, 6.07) is 8.41. The second-order valence-electron chi connectivity index (χ2n) is 8.84. The molecule has 0 radical (unpaired) electrons. The van der Waals surface area contributed by atoms with Crippen LogP contribution < -0.4 is 5.73 Å². The van der Waals surface area contributed by atoms with Crippen LogP contribution in [0.5, 0.6) is 0 Å². The van der Waals surface area contributed by atoms with E-state index in [-0.39, 0.29) is 28.3 Å². The maximum atomic E-state index is 13.4. The van der Waals surface area contributed by atoms with Crippen LogP contribution in [0.15, 0.2) is 46.9 Å². The molecule has 0 aromatic heterocycles. The number of hydrogen-bond acceptors (Lipinski definition) is 8. The minimum Gasteiger partial charge on any atom is -0.383 e. The van der Waals surface area contributed by atoms with Gasteiger partial charge in [-0.1, -0.05) is 32.0 Å². The molecule has 4 rings (SSSR count). The molecule has 162 valence electrons. The summed E-state index contributed by atoms with van der Waals surface area (Å²) in [5.41, 5.74) is 7.76. The molecule has 0 saturated carbocycles. The van der Waals surface area contributed by atoms with Gasteiger partial charge >= 0.3 is 0 Å². The monoisotopic (exact) mass is 423 g/mol. The Labute approximate surface area is 180 Å². The number of nitro groups is 1. The van der Waals surface area contributed by atoms with Gasteiger partial charge in [-0.3, -0.25) is 19.9 Å². The first kappa shape index (κ1) is 21.0. The van der Waals surface area contributed by atoms with Crippen molar-refractivity contribution < 1.29 is 14.5 Å². The molecular formula is C22H25N5O4. The predicted molar refractivity (Wildman–Crippen MR) is 112 cm³/mol. The molecule has 1 aromatic rings. The summed E-state index contributed by atoms with van der Waals surface area (Å²) in [4.78, 5) is 24.7. The third kappa shape index (κ3) is 3.58. The van der Waals surface area contributed by atoms with E-state index < -0.39 is 10.8 Å². The van der Waals surface area contributed by atoms with E-state index in [1.54, 1.807) is 23.2 Å². The van der Waals surface area contributed by atoms with Crippen molar-refractivity contribution >= 4 is 11.5 Å². The first-order valence-electron chi connectivity index (χ1n) is 10.3. The van der Waals surface area contributed by atoms with Gasteiger partial charge in [-0.15, -0.1) is 0 Å². The second kappa shape index (κ2) is 7.80. The van der Waals surface area contributed by atoms with E-state index in [0.717, 1.165) is 5.70 Å². The van der Waals surface area contributed by atoms with Gasteiger partial charge in [-0.25, -0.2) is 5.01 Å². The van der Waals surface area contributed by atoms with Gasteiger partial charge in [0.15, 0.2) is 5.78 Å². The Hall–Kier alpha value is -3.22. The number of carbonyl (C=O) groups is 1. The lowest BCUT2D eigenvalue weighted by Gasteiger charge is -2.48. The number of nitrogens with zero attached hydrogens (tertiary/aromatic N) is 4. The van der Waals surface area contributed by atoms with Crippen LogP contribution in [0.1, 0.15) is 38.2 Å². The fourth-order valence-corrected chi connectivity index (χ4v) is 4.78. The highest BCUT2D eigenvalue weighted by molar-refractivity contribution is 6.00. The Morgan fingerprint density at radius 3 is 2.58 bits per heavy atom. The number of ketones is 1. The number of Topliss-reactive ketones (excluding diaryl/α,β-unsaturated/α-hetero) is 1. The normalized spacial score (nSPS) is 24.1. The van der Waals surface area contributed by atoms with E-state index >= 15 is 0 Å². The minimum atomic E-state index is -0.859. The average Bonchev–Trinajstić information content (AvgIpc) is 2.72. The lowest BCUT2D eigenvalue weighted by Crippen LogP contribution is -2.53. The van der Waals surface area contributed by atoms with Crippen LogP contribution in [0, 0.1) is 26.9 Å². The van der Waals surface area contributed by atoms with Crippen LogP contribution in [0.25, 0.3) is 0 Å². The lowest BCUT2D eigenvalue weighted by atomic mass is 9.68. The van der Waals surface area contributed by atoms with Gasteiger partial charge in [-0.05, 0) is 11.8 Å². The largest absolute Gasteiger partial charge is 0.383 e. The van der Waals surface area contributed by atoms with Gasteiger partial charge in [0.1, 0.15) is 5.82 Å². The summed E-state index contributed by atoms with van der Waals surface area (Å²) in [7, 11) is 0. The maximum absolute atomic E-state index is 13.4. The molecule has 0 spiro atoms. The lowest BCUT2D eigenvalue weighted by molar-refractivity contribution is -0.385. The zero-order valence-electron chi connectivity index (χ0n) is 17.6. The Morgan fingerprint density at radius 1 is 1.26 bits per heavy atom. The molecule has 1 aromatic carbocycles. The number of nitrogens with two attached hydrogens (primary N) is 1. The molecule has 1 saturated heterocycles. The molecule has 9 nitrogen and oxygen atoms in total. The number of rotatable bonds is 3. The van der Waals surface area contributed by atoms with Gasteiger partial charge < -0.3 is 10.5 Å². The summed E-state index contributed by atoms with van der Waals surface area (Å²) in [5, 5.41) is 25.6. The number of morpholine rings is 1.